The predicted octanol–water partition coefficient (Wildman–Crippen LogP) is 1.53. The van der Waals surface area contributed by atoms with Gasteiger partial charge in [-0.15, -0.1) is 0 Å². The lowest BCUT2D eigenvalue weighted by molar-refractivity contribution is -0.116. The summed E-state index contributed by atoms with van der Waals surface area (Å²) in [5.41, 5.74) is 2.32. The third kappa shape index (κ3) is 2.53. The fraction of sp³-hybridized carbons (Fsp3) is 0.364. The number of carbonyl (C=O) groups is 1. The summed E-state index contributed by atoms with van der Waals surface area (Å²) in [7, 11) is 1.82. The minimum absolute atomic E-state index is 0.127. The van der Waals surface area contributed by atoms with E-state index in [-0.39, 0.29) is 12.5 Å². The minimum atomic E-state index is -0.162. The van der Waals surface area contributed by atoms with E-state index < -0.39 is 0 Å². The van der Waals surface area contributed by atoms with E-state index in [0.717, 1.165) is 5.69 Å². The summed E-state index contributed by atoms with van der Waals surface area (Å²) < 4.78 is 3.21. The van der Waals surface area contributed by atoms with Crippen LogP contribution in [0.15, 0.2) is 12.4 Å². The van der Waals surface area contributed by atoms with E-state index in [2.05, 4.69) is 15.5 Å². The van der Waals surface area contributed by atoms with Crippen molar-refractivity contribution in [3.05, 3.63) is 28.8 Å². The van der Waals surface area contributed by atoms with E-state index in [1.807, 2.05) is 14.0 Å². The topological polar surface area (TPSA) is 64.7 Å². The number of hydrogen-bond acceptors (Lipinski definition) is 3. The molecular weight excluding hydrogens is 254 g/mol. The predicted molar refractivity (Wildman–Crippen MR) is 68.5 cm³/mol. The fourth-order valence-corrected chi connectivity index (χ4v) is 1.68. The van der Waals surface area contributed by atoms with Crippen molar-refractivity contribution in [2.75, 3.05) is 5.32 Å². The second kappa shape index (κ2) is 4.81. The zero-order chi connectivity index (χ0) is 13.3. The number of halogens is 1. The van der Waals surface area contributed by atoms with Crippen molar-refractivity contribution in [3.8, 4) is 0 Å². The number of amides is 1. The first kappa shape index (κ1) is 12.6. The van der Waals surface area contributed by atoms with E-state index in [1.54, 1.807) is 24.0 Å². The van der Waals surface area contributed by atoms with Gasteiger partial charge in [0.1, 0.15) is 6.54 Å². The molecule has 0 radical (unpaired) electrons. The number of nitrogens with one attached hydrogen (secondary N) is 1. The number of aromatic nitrogens is 4. The Balaban J connectivity index is 2.03. The molecule has 0 fully saturated rings. The van der Waals surface area contributed by atoms with Gasteiger partial charge in [-0.05, 0) is 13.8 Å². The average Bonchev–Trinajstić information content (AvgIpc) is 2.76. The molecule has 2 aromatic heterocycles. The Bertz CT molecular complexity index is 567. The number of carbonyl (C=O) groups excluding carboxylic acids is 1. The first-order valence-electron chi connectivity index (χ1n) is 5.45. The lowest BCUT2D eigenvalue weighted by atomic mass is 10.4. The molecule has 96 valence electrons. The Kier molecular flexibility index (Phi) is 3.38. The summed E-state index contributed by atoms with van der Waals surface area (Å²) in [5.74, 6) is -0.162. The first-order chi connectivity index (χ1) is 8.47. The van der Waals surface area contributed by atoms with Crippen LogP contribution in [0.25, 0.3) is 0 Å². The SMILES string of the molecule is Cc1nn(CC(=O)Nc2cnn(C)c2C)cc1Cl. The normalized spacial score (nSPS) is 10.7. The lowest BCUT2D eigenvalue weighted by Crippen LogP contribution is -2.19. The van der Waals surface area contributed by atoms with Gasteiger partial charge in [0.2, 0.25) is 5.91 Å². The molecule has 7 heteroatoms. The van der Waals surface area contributed by atoms with Crippen LogP contribution < -0.4 is 5.32 Å². The number of rotatable bonds is 3. The quantitative estimate of drug-likeness (QED) is 0.917. The molecule has 0 aliphatic rings. The minimum Gasteiger partial charge on any atom is -0.322 e. The van der Waals surface area contributed by atoms with Crippen LogP contribution in [0.1, 0.15) is 11.4 Å². The zero-order valence-corrected chi connectivity index (χ0v) is 11.2. The summed E-state index contributed by atoms with van der Waals surface area (Å²) in [6.45, 7) is 3.81. The number of hydrogen-bond donors (Lipinski definition) is 1. The molecule has 0 bridgehead atoms. The molecule has 0 saturated heterocycles. The maximum absolute atomic E-state index is 11.8. The van der Waals surface area contributed by atoms with Crippen molar-refractivity contribution in [1.82, 2.24) is 19.6 Å². The van der Waals surface area contributed by atoms with Crippen molar-refractivity contribution in [3.63, 3.8) is 0 Å². The Hall–Kier alpha value is -1.82. The molecule has 0 aliphatic carbocycles. The molecule has 18 heavy (non-hydrogen) atoms. The molecule has 0 unspecified atom stereocenters. The second-order valence-corrected chi connectivity index (χ2v) is 4.48. The molecule has 0 saturated carbocycles. The molecular formula is C11H14ClN5O. The number of nitrogens with zero attached hydrogens (tertiary/aromatic N) is 4. The summed E-state index contributed by atoms with van der Waals surface area (Å²) in [5, 5.41) is 11.5. The zero-order valence-electron chi connectivity index (χ0n) is 10.4. The first-order valence-corrected chi connectivity index (χ1v) is 5.83. The number of aryl methyl sites for hydroxylation is 2. The van der Waals surface area contributed by atoms with Gasteiger partial charge in [-0.25, -0.2) is 0 Å². The second-order valence-electron chi connectivity index (χ2n) is 4.08. The van der Waals surface area contributed by atoms with Gasteiger partial charge in [0.05, 0.1) is 28.3 Å². The molecule has 2 aromatic rings. The van der Waals surface area contributed by atoms with E-state index >= 15 is 0 Å². The highest BCUT2D eigenvalue weighted by Gasteiger charge is 2.10. The van der Waals surface area contributed by atoms with E-state index in [9.17, 15) is 4.79 Å². The van der Waals surface area contributed by atoms with Gasteiger partial charge < -0.3 is 5.32 Å². The van der Waals surface area contributed by atoms with Gasteiger partial charge in [-0.1, -0.05) is 11.6 Å². The molecule has 1 amide bonds. The molecule has 6 nitrogen and oxygen atoms in total. The third-order valence-corrected chi connectivity index (χ3v) is 3.07. The molecule has 2 heterocycles. The number of anilines is 1. The van der Waals surface area contributed by atoms with Gasteiger partial charge in [-0.3, -0.25) is 14.2 Å². The summed E-state index contributed by atoms with van der Waals surface area (Å²) in [6.07, 6.45) is 3.25. The summed E-state index contributed by atoms with van der Waals surface area (Å²) in [4.78, 5) is 11.8. The summed E-state index contributed by atoms with van der Waals surface area (Å²) >= 11 is 5.87. The standard InChI is InChI=1S/C11H14ClN5O/c1-7-9(12)5-17(15-7)6-11(18)14-10-4-13-16(3)8(10)2/h4-5H,6H2,1-3H3,(H,14,18). The van der Waals surface area contributed by atoms with Crippen LogP contribution in [0.5, 0.6) is 0 Å². The van der Waals surface area contributed by atoms with Crippen LogP contribution in [0.2, 0.25) is 5.02 Å². The monoisotopic (exact) mass is 267 g/mol. The van der Waals surface area contributed by atoms with Crippen LogP contribution in [0.3, 0.4) is 0 Å². The van der Waals surface area contributed by atoms with E-state index in [1.165, 1.54) is 4.68 Å². The van der Waals surface area contributed by atoms with Crippen LogP contribution >= 0.6 is 11.6 Å². The van der Waals surface area contributed by atoms with Crippen LogP contribution in [0.4, 0.5) is 5.69 Å². The van der Waals surface area contributed by atoms with Gasteiger partial charge in [-0.2, -0.15) is 10.2 Å². The largest absolute Gasteiger partial charge is 0.322 e. The van der Waals surface area contributed by atoms with Crippen molar-refractivity contribution >= 4 is 23.2 Å². The average molecular weight is 268 g/mol. The molecule has 0 atom stereocenters. The summed E-state index contributed by atoms with van der Waals surface area (Å²) in [6, 6.07) is 0. The van der Waals surface area contributed by atoms with Gasteiger partial charge in [0.25, 0.3) is 0 Å². The fourth-order valence-electron chi connectivity index (χ4n) is 1.53. The van der Waals surface area contributed by atoms with Crippen molar-refractivity contribution < 1.29 is 4.79 Å². The highest BCUT2D eigenvalue weighted by atomic mass is 35.5. The third-order valence-electron chi connectivity index (χ3n) is 2.70. The van der Waals surface area contributed by atoms with E-state index in [0.29, 0.717) is 16.4 Å². The van der Waals surface area contributed by atoms with Crippen LogP contribution in [0, 0.1) is 13.8 Å². The van der Waals surface area contributed by atoms with E-state index in [4.69, 9.17) is 11.6 Å². The Morgan fingerprint density at radius 1 is 1.50 bits per heavy atom. The van der Waals surface area contributed by atoms with Crippen LogP contribution in [-0.2, 0) is 18.4 Å². The molecule has 2 rings (SSSR count). The Labute approximate surface area is 110 Å². The van der Waals surface area contributed by atoms with Gasteiger partial charge >= 0.3 is 0 Å². The molecule has 0 aromatic carbocycles. The van der Waals surface area contributed by atoms with Crippen molar-refractivity contribution in [2.45, 2.75) is 20.4 Å². The highest BCUT2D eigenvalue weighted by Crippen LogP contribution is 2.14. The van der Waals surface area contributed by atoms with Gasteiger partial charge in [0.15, 0.2) is 0 Å². The van der Waals surface area contributed by atoms with Crippen LogP contribution in [-0.4, -0.2) is 25.5 Å². The maximum Gasteiger partial charge on any atom is 0.246 e. The smallest absolute Gasteiger partial charge is 0.246 e. The Morgan fingerprint density at radius 3 is 2.72 bits per heavy atom. The highest BCUT2D eigenvalue weighted by molar-refractivity contribution is 6.31. The molecule has 1 N–H and O–H groups in total. The van der Waals surface area contributed by atoms with Gasteiger partial charge in [0, 0.05) is 13.2 Å². The Morgan fingerprint density at radius 2 is 2.22 bits per heavy atom. The van der Waals surface area contributed by atoms with Crippen molar-refractivity contribution in [1.29, 1.82) is 0 Å². The molecule has 0 spiro atoms. The maximum atomic E-state index is 11.8. The lowest BCUT2D eigenvalue weighted by Gasteiger charge is -2.04. The van der Waals surface area contributed by atoms with Crippen molar-refractivity contribution in [2.24, 2.45) is 7.05 Å². The molecule has 0 aliphatic heterocycles.